The lowest BCUT2D eigenvalue weighted by atomic mass is 10.1. The highest BCUT2D eigenvalue weighted by Crippen LogP contribution is 2.35. The molecule has 4 rings (SSSR count). The lowest BCUT2D eigenvalue weighted by molar-refractivity contribution is -0.159. The Labute approximate surface area is 172 Å². The van der Waals surface area contributed by atoms with E-state index in [1.807, 2.05) is 0 Å². The molecule has 8 nitrogen and oxygen atoms in total. The van der Waals surface area contributed by atoms with E-state index in [9.17, 15) is 18.0 Å². The summed E-state index contributed by atoms with van der Waals surface area (Å²) in [5.41, 5.74) is 0.844. The van der Waals surface area contributed by atoms with Crippen LogP contribution < -0.4 is 9.47 Å². The second-order valence-electron chi connectivity index (χ2n) is 6.39. The van der Waals surface area contributed by atoms with E-state index >= 15 is 0 Å². The average molecular weight is 440 g/mol. The zero-order valence-corrected chi connectivity index (χ0v) is 16.4. The first-order chi connectivity index (χ1) is 14.3. The molecule has 1 aliphatic heterocycles. The monoisotopic (exact) mass is 440 g/mol. The van der Waals surface area contributed by atoms with Gasteiger partial charge in [0.1, 0.15) is 11.5 Å². The third-order valence-electron chi connectivity index (χ3n) is 4.39. The quantitative estimate of drug-likeness (QED) is 0.602. The number of nitrogens with zero attached hydrogens (tertiary/aromatic N) is 4. The number of amides is 1. The minimum absolute atomic E-state index is 0.117. The van der Waals surface area contributed by atoms with Crippen LogP contribution in [0.1, 0.15) is 16.3 Å². The van der Waals surface area contributed by atoms with E-state index in [1.54, 1.807) is 17.0 Å². The fourth-order valence-corrected chi connectivity index (χ4v) is 4.01. The standard InChI is InChI=1S/C18H15F3N4O4S/c1-27-11-5-12(7-22-6-11)28-9-15(26)25-3-2-13-10(8-25)4-14(30-13)16-23-17(29-24-16)18(19,20)21/h4-7H,2-3,8-9H2,1H3. The molecule has 0 aromatic carbocycles. The van der Waals surface area contributed by atoms with Crippen molar-refractivity contribution in [2.75, 3.05) is 20.3 Å². The van der Waals surface area contributed by atoms with Crippen molar-refractivity contribution in [1.82, 2.24) is 20.0 Å². The summed E-state index contributed by atoms with van der Waals surface area (Å²) in [6.07, 6.45) is -1.11. The molecule has 4 heterocycles. The summed E-state index contributed by atoms with van der Waals surface area (Å²) in [6.45, 7) is 0.640. The number of fused-ring (bicyclic) bond motifs is 1. The number of pyridine rings is 1. The van der Waals surface area contributed by atoms with E-state index in [2.05, 4.69) is 19.6 Å². The number of rotatable bonds is 5. The third-order valence-corrected chi connectivity index (χ3v) is 5.63. The zero-order chi connectivity index (χ0) is 21.3. The number of hydrogen-bond acceptors (Lipinski definition) is 8. The van der Waals surface area contributed by atoms with Crippen molar-refractivity contribution in [3.05, 3.63) is 40.9 Å². The predicted octanol–water partition coefficient (Wildman–Crippen LogP) is 3.18. The minimum Gasteiger partial charge on any atom is -0.495 e. The normalized spacial score (nSPS) is 13.8. The number of methoxy groups -OCH3 is 1. The van der Waals surface area contributed by atoms with Crippen LogP contribution >= 0.6 is 11.3 Å². The van der Waals surface area contributed by atoms with Gasteiger partial charge in [-0.05, 0) is 18.1 Å². The molecule has 30 heavy (non-hydrogen) atoms. The molecule has 0 unspecified atom stereocenters. The first-order valence-electron chi connectivity index (χ1n) is 8.76. The van der Waals surface area contributed by atoms with Gasteiger partial charge in [0.25, 0.3) is 5.91 Å². The SMILES string of the molecule is COc1cncc(OCC(=O)N2CCc3sc(-c4noc(C(F)(F)F)n4)cc3C2)c1. The summed E-state index contributed by atoms with van der Waals surface area (Å²) in [5.74, 6) is -0.784. The van der Waals surface area contributed by atoms with Crippen LogP contribution in [0, 0.1) is 0 Å². The molecule has 0 aliphatic carbocycles. The molecule has 3 aromatic rings. The Morgan fingerprint density at radius 3 is 2.83 bits per heavy atom. The number of thiophene rings is 1. The van der Waals surface area contributed by atoms with E-state index in [1.165, 1.54) is 30.8 Å². The van der Waals surface area contributed by atoms with Crippen molar-refractivity contribution >= 4 is 17.2 Å². The lowest BCUT2D eigenvalue weighted by Crippen LogP contribution is -2.38. The van der Waals surface area contributed by atoms with Gasteiger partial charge in [-0.15, -0.1) is 11.3 Å². The highest BCUT2D eigenvalue weighted by molar-refractivity contribution is 7.15. The van der Waals surface area contributed by atoms with Gasteiger partial charge < -0.3 is 18.9 Å². The zero-order valence-electron chi connectivity index (χ0n) is 15.6. The number of hydrogen-bond donors (Lipinski definition) is 0. The molecular formula is C18H15F3N4O4S. The van der Waals surface area contributed by atoms with Crippen LogP contribution in [0.3, 0.4) is 0 Å². The highest BCUT2D eigenvalue weighted by Gasteiger charge is 2.38. The van der Waals surface area contributed by atoms with E-state index < -0.39 is 12.1 Å². The summed E-state index contributed by atoms with van der Waals surface area (Å²) < 4.78 is 52.8. The van der Waals surface area contributed by atoms with Crippen LogP contribution in [0.4, 0.5) is 13.2 Å². The van der Waals surface area contributed by atoms with Gasteiger partial charge in [0.2, 0.25) is 5.82 Å². The number of carbonyl (C=O) groups excluding carboxylic acids is 1. The lowest BCUT2D eigenvalue weighted by Gasteiger charge is -2.26. The summed E-state index contributed by atoms with van der Waals surface area (Å²) in [6, 6.07) is 3.32. The Balaban J connectivity index is 1.41. The molecular weight excluding hydrogens is 425 g/mol. The fraction of sp³-hybridized carbons (Fsp3) is 0.333. The van der Waals surface area contributed by atoms with Crippen molar-refractivity contribution in [2.45, 2.75) is 19.1 Å². The van der Waals surface area contributed by atoms with Gasteiger partial charge in [-0.25, -0.2) is 0 Å². The third kappa shape index (κ3) is 4.22. The summed E-state index contributed by atoms with van der Waals surface area (Å²) >= 11 is 1.30. The average Bonchev–Trinajstić information content (AvgIpc) is 3.38. The second kappa shape index (κ2) is 7.94. The van der Waals surface area contributed by atoms with Crippen LogP contribution in [0.25, 0.3) is 10.7 Å². The largest absolute Gasteiger partial charge is 0.495 e. The van der Waals surface area contributed by atoms with Crippen LogP contribution in [0.15, 0.2) is 29.0 Å². The van der Waals surface area contributed by atoms with Crippen LogP contribution in [-0.2, 0) is 23.9 Å². The first kappa shape index (κ1) is 20.1. The first-order valence-corrected chi connectivity index (χ1v) is 9.57. The molecule has 0 saturated carbocycles. The Kier molecular flexibility index (Phi) is 5.33. The van der Waals surface area contributed by atoms with Gasteiger partial charge in [-0.3, -0.25) is 9.78 Å². The van der Waals surface area contributed by atoms with Crippen molar-refractivity contribution < 1.29 is 32.0 Å². The minimum atomic E-state index is -4.69. The molecule has 0 radical (unpaired) electrons. The molecule has 1 aliphatic rings. The number of aromatic nitrogens is 3. The van der Waals surface area contributed by atoms with Gasteiger partial charge in [0, 0.05) is 24.0 Å². The van der Waals surface area contributed by atoms with E-state index in [0.29, 0.717) is 35.9 Å². The number of carbonyl (C=O) groups is 1. The Hall–Kier alpha value is -3.15. The van der Waals surface area contributed by atoms with Gasteiger partial charge >= 0.3 is 12.1 Å². The summed E-state index contributed by atoms with van der Waals surface area (Å²) in [4.78, 5) is 23.0. The van der Waals surface area contributed by atoms with Crippen molar-refractivity contribution in [3.8, 4) is 22.2 Å². The number of halogens is 3. The maximum absolute atomic E-state index is 12.7. The molecule has 1 amide bonds. The van der Waals surface area contributed by atoms with E-state index in [0.717, 1.165) is 10.4 Å². The maximum atomic E-state index is 12.7. The molecule has 3 aromatic heterocycles. The molecule has 0 bridgehead atoms. The Morgan fingerprint density at radius 1 is 1.30 bits per heavy atom. The van der Waals surface area contributed by atoms with Crippen molar-refractivity contribution in [1.29, 1.82) is 0 Å². The van der Waals surface area contributed by atoms with E-state index in [4.69, 9.17) is 9.47 Å². The molecule has 158 valence electrons. The molecule has 0 spiro atoms. The smallest absolute Gasteiger partial charge is 0.471 e. The summed E-state index contributed by atoms with van der Waals surface area (Å²) in [7, 11) is 1.50. The molecule has 12 heteroatoms. The van der Waals surface area contributed by atoms with Crippen molar-refractivity contribution in [2.24, 2.45) is 0 Å². The Morgan fingerprint density at radius 2 is 2.10 bits per heavy atom. The molecule has 0 N–H and O–H groups in total. The van der Waals surface area contributed by atoms with Gasteiger partial charge in [0.15, 0.2) is 6.61 Å². The van der Waals surface area contributed by atoms with E-state index in [-0.39, 0.29) is 18.3 Å². The van der Waals surface area contributed by atoms with Gasteiger partial charge in [0.05, 0.1) is 24.4 Å². The van der Waals surface area contributed by atoms with Gasteiger partial charge in [-0.1, -0.05) is 5.16 Å². The molecule has 0 atom stereocenters. The molecule has 0 saturated heterocycles. The maximum Gasteiger partial charge on any atom is 0.471 e. The Bertz CT molecular complexity index is 1070. The van der Waals surface area contributed by atoms with Crippen LogP contribution in [-0.4, -0.2) is 46.2 Å². The van der Waals surface area contributed by atoms with Crippen LogP contribution in [0.5, 0.6) is 11.5 Å². The predicted molar refractivity (Wildman–Crippen MR) is 98.0 cm³/mol. The topological polar surface area (TPSA) is 90.6 Å². The number of alkyl halides is 3. The van der Waals surface area contributed by atoms with Gasteiger partial charge in [-0.2, -0.15) is 18.2 Å². The molecule has 0 fully saturated rings. The second-order valence-corrected chi connectivity index (χ2v) is 7.53. The summed E-state index contributed by atoms with van der Waals surface area (Å²) in [5, 5.41) is 3.42. The number of ether oxygens (including phenoxy) is 2. The highest BCUT2D eigenvalue weighted by atomic mass is 32.1. The van der Waals surface area contributed by atoms with Crippen LogP contribution in [0.2, 0.25) is 0 Å². The van der Waals surface area contributed by atoms with Crippen molar-refractivity contribution in [3.63, 3.8) is 0 Å². The fourth-order valence-electron chi connectivity index (χ4n) is 2.92.